The number of hydrogen-bond donors (Lipinski definition) is 3. The van der Waals surface area contributed by atoms with Crippen LogP contribution >= 0.6 is 0 Å². The largest absolute Gasteiger partial charge is 0.392 e. The number of aliphatic hydroxyl groups excluding tert-OH is 1. The molecule has 1 unspecified atom stereocenters. The van der Waals surface area contributed by atoms with Crippen molar-refractivity contribution >= 4 is 5.91 Å². The third-order valence-electron chi connectivity index (χ3n) is 1.95. The summed E-state index contributed by atoms with van der Waals surface area (Å²) in [5, 5.41) is 14.7. The fourth-order valence-corrected chi connectivity index (χ4v) is 1.28. The Labute approximate surface area is 72.3 Å². The standard InChI is InChI=1S/C8H16N2O2/c1-6(11)5-10-8(12)7-3-2-4-9-7/h6-7,9,11H,2-5H2,1H3,(H,10,12)/t6-,7?/m0/s1. The summed E-state index contributed by atoms with van der Waals surface area (Å²) in [6.07, 6.45) is 1.51. The number of carbonyl (C=O) groups is 1. The van der Waals surface area contributed by atoms with Crippen LogP contribution in [0.15, 0.2) is 0 Å². The minimum atomic E-state index is -0.463. The van der Waals surface area contributed by atoms with E-state index in [1.165, 1.54) is 0 Å². The van der Waals surface area contributed by atoms with Gasteiger partial charge in [0, 0.05) is 6.54 Å². The van der Waals surface area contributed by atoms with Crippen LogP contribution in [0.2, 0.25) is 0 Å². The SMILES string of the molecule is C[C@H](O)CNC(=O)C1CCCN1. The van der Waals surface area contributed by atoms with E-state index in [9.17, 15) is 4.79 Å². The zero-order valence-corrected chi connectivity index (χ0v) is 7.34. The molecule has 0 aliphatic carbocycles. The van der Waals surface area contributed by atoms with Crippen molar-refractivity contribution in [1.82, 2.24) is 10.6 Å². The Morgan fingerprint density at radius 3 is 3.08 bits per heavy atom. The number of hydrogen-bond acceptors (Lipinski definition) is 3. The molecular formula is C8H16N2O2. The average Bonchev–Trinajstić information content (AvgIpc) is 2.51. The Morgan fingerprint density at radius 2 is 2.58 bits per heavy atom. The van der Waals surface area contributed by atoms with Crippen molar-refractivity contribution in [3.63, 3.8) is 0 Å². The highest BCUT2D eigenvalue weighted by atomic mass is 16.3. The van der Waals surface area contributed by atoms with E-state index in [0.717, 1.165) is 19.4 Å². The summed E-state index contributed by atoms with van der Waals surface area (Å²) >= 11 is 0. The lowest BCUT2D eigenvalue weighted by Crippen LogP contribution is -2.42. The molecule has 1 aliphatic heterocycles. The van der Waals surface area contributed by atoms with Gasteiger partial charge < -0.3 is 15.7 Å². The molecule has 0 bridgehead atoms. The van der Waals surface area contributed by atoms with Crippen molar-refractivity contribution in [3.05, 3.63) is 0 Å². The molecule has 0 aromatic rings. The highest BCUT2D eigenvalue weighted by molar-refractivity contribution is 5.81. The molecule has 1 rings (SSSR count). The number of rotatable bonds is 3. The van der Waals surface area contributed by atoms with Crippen LogP contribution in [0.4, 0.5) is 0 Å². The number of nitrogens with one attached hydrogen (secondary N) is 2. The minimum absolute atomic E-state index is 0.00778. The van der Waals surface area contributed by atoms with Gasteiger partial charge in [-0.15, -0.1) is 0 Å². The molecule has 0 aromatic heterocycles. The maximum Gasteiger partial charge on any atom is 0.237 e. The van der Waals surface area contributed by atoms with Crippen LogP contribution in [0, 0.1) is 0 Å². The van der Waals surface area contributed by atoms with E-state index in [1.807, 2.05) is 0 Å². The van der Waals surface area contributed by atoms with E-state index in [-0.39, 0.29) is 11.9 Å². The zero-order chi connectivity index (χ0) is 8.97. The number of aliphatic hydroxyl groups is 1. The van der Waals surface area contributed by atoms with Crippen molar-refractivity contribution in [3.8, 4) is 0 Å². The Morgan fingerprint density at radius 1 is 1.83 bits per heavy atom. The van der Waals surface area contributed by atoms with Crippen LogP contribution in [0.1, 0.15) is 19.8 Å². The molecule has 1 saturated heterocycles. The molecule has 0 spiro atoms. The molecule has 1 amide bonds. The van der Waals surface area contributed by atoms with Crippen molar-refractivity contribution < 1.29 is 9.90 Å². The Hall–Kier alpha value is -0.610. The van der Waals surface area contributed by atoms with E-state index in [0.29, 0.717) is 6.54 Å². The number of amides is 1. The number of carbonyl (C=O) groups excluding carboxylic acids is 1. The maximum atomic E-state index is 11.3. The second-order valence-corrected chi connectivity index (χ2v) is 3.24. The molecule has 0 aromatic carbocycles. The lowest BCUT2D eigenvalue weighted by Gasteiger charge is -2.11. The van der Waals surface area contributed by atoms with Gasteiger partial charge in [-0.25, -0.2) is 0 Å². The van der Waals surface area contributed by atoms with E-state index >= 15 is 0 Å². The summed E-state index contributed by atoms with van der Waals surface area (Å²) in [4.78, 5) is 11.3. The molecule has 4 nitrogen and oxygen atoms in total. The van der Waals surface area contributed by atoms with Gasteiger partial charge in [-0.1, -0.05) is 0 Å². The molecule has 1 heterocycles. The average molecular weight is 172 g/mol. The van der Waals surface area contributed by atoms with Crippen molar-refractivity contribution in [2.75, 3.05) is 13.1 Å². The van der Waals surface area contributed by atoms with Crippen molar-refractivity contribution in [1.29, 1.82) is 0 Å². The molecule has 0 radical (unpaired) electrons. The molecule has 70 valence electrons. The fraction of sp³-hybridized carbons (Fsp3) is 0.875. The topological polar surface area (TPSA) is 61.4 Å². The van der Waals surface area contributed by atoms with Crippen LogP contribution < -0.4 is 10.6 Å². The lowest BCUT2D eigenvalue weighted by molar-refractivity contribution is -0.123. The van der Waals surface area contributed by atoms with Crippen LogP contribution in [0.5, 0.6) is 0 Å². The first-order valence-corrected chi connectivity index (χ1v) is 4.39. The third-order valence-corrected chi connectivity index (χ3v) is 1.95. The summed E-state index contributed by atoms with van der Waals surface area (Å²) in [7, 11) is 0. The van der Waals surface area contributed by atoms with Gasteiger partial charge in [-0.3, -0.25) is 4.79 Å². The molecule has 0 saturated carbocycles. The van der Waals surface area contributed by atoms with Crippen LogP contribution in [0.3, 0.4) is 0 Å². The molecular weight excluding hydrogens is 156 g/mol. The quantitative estimate of drug-likeness (QED) is 0.524. The van der Waals surface area contributed by atoms with Crippen molar-refractivity contribution in [2.24, 2.45) is 0 Å². The van der Waals surface area contributed by atoms with Gasteiger partial charge in [0.15, 0.2) is 0 Å². The molecule has 2 atom stereocenters. The van der Waals surface area contributed by atoms with Crippen molar-refractivity contribution in [2.45, 2.75) is 31.9 Å². The van der Waals surface area contributed by atoms with Gasteiger partial charge in [0.2, 0.25) is 5.91 Å². The van der Waals surface area contributed by atoms with Crippen LogP contribution in [0.25, 0.3) is 0 Å². The van der Waals surface area contributed by atoms with Gasteiger partial charge in [0.1, 0.15) is 0 Å². The summed E-state index contributed by atoms with van der Waals surface area (Å²) in [6, 6.07) is -0.0382. The van der Waals surface area contributed by atoms with Gasteiger partial charge in [-0.05, 0) is 26.3 Å². The summed E-state index contributed by atoms with van der Waals surface area (Å²) in [5.74, 6) is 0.00778. The van der Waals surface area contributed by atoms with Crippen LogP contribution in [-0.2, 0) is 4.79 Å². The normalized spacial score (nSPS) is 25.3. The maximum absolute atomic E-state index is 11.3. The first-order valence-electron chi connectivity index (χ1n) is 4.39. The first kappa shape index (κ1) is 9.48. The predicted octanol–water partition coefficient (Wildman–Crippen LogP) is -0.765. The Balaban J connectivity index is 2.18. The van der Waals surface area contributed by atoms with E-state index < -0.39 is 6.10 Å². The summed E-state index contributed by atoms with van der Waals surface area (Å²) < 4.78 is 0. The summed E-state index contributed by atoms with van der Waals surface area (Å²) in [6.45, 7) is 2.92. The van der Waals surface area contributed by atoms with Gasteiger partial charge in [-0.2, -0.15) is 0 Å². The minimum Gasteiger partial charge on any atom is -0.392 e. The van der Waals surface area contributed by atoms with Crippen LogP contribution in [-0.4, -0.2) is 36.2 Å². The van der Waals surface area contributed by atoms with Gasteiger partial charge in [0.25, 0.3) is 0 Å². The fourth-order valence-electron chi connectivity index (χ4n) is 1.28. The van der Waals surface area contributed by atoms with E-state index in [2.05, 4.69) is 10.6 Å². The first-order chi connectivity index (χ1) is 5.70. The van der Waals surface area contributed by atoms with Gasteiger partial charge in [0.05, 0.1) is 12.1 Å². The second-order valence-electron chi connectivity index (χ2n) is 3.24. The van der Waals surface area contributed by atoms with E-state index in [1.54, 1.807) is 6.92 Å². The highest BCUT2D eigenvalue weighted by Gasteiger charge is 2.21. The summed E-state index contributed by atoms with van der Waals surface area (Å²) in [5.41, 5.74) is 0. The zero-order valence-electron chi connectivity index (χ0n) is 7.34. The molecule has 1 fully saturated rings. The second kappa shape index (κ2) is 4.42. The highest BCUT2D eigenvalue weighted by Crippen LogP contribution is 2.04. The predicted molar refractivity (Wildman–Crippen MR) is 45.7 cm³/mol. The smallest absolute Gasteiger partial charge is 0.237 e. The molecule has 3 N–H and O–H groups in total. The van der Waals surface area contributed by atoms with E-state index in [4.69, 9.17) is 5.11 Å². The lowest BCUT2D eigenvalue weighted by atomic mass is 10.2. The molecule has 12 heavy (non-hydrogen) atoms. The third kappa shape index (κ3) is 2.79. The Bertz CT molecular complexity index is 153. The van der Waals surface area contributed by atoms with Gasteiger partial charge >= 0.3 is 0 Å². The molecule has 1 aliphatic rings. The molecule has 4 heteroatoms. The Kier molecular flexibility index (Phi) is 3.49. The monoisotopic (exact) mass is 172 g/mol.